The molecule has 210 valence electrons. The zero-order chi connectivity index (χ0) is 29.5. The van der Waals surface area contributed by atoms with Crippen LogP contribution in [-0.4, -0.2) is 34.1 Å². The van der Waals surface area contributed by atoms with Crippen LogP contribution in [0.15, 0.2) is 108 Å². The summed E-state index contributed by atoms with van der Waals surface area (Å²) in [5.74, 6) is 1.12. The number of hydrogen-bond donors (Lipinski definition) is 1. The van der Waals surface area contributed by atoms with Gasteiger partial charge in [0.25, 0.3) is 5.56 Å². The molecule has 0 radical (unpaired) electrons. The molecule has 0 saturated carbocycles. The van der Waals surface area contributed by atoms with Crippen molar-refractivity contribution in [2.45, 2.75) is 25.8 Å². The summed E-state index contributed by atoms with van der Waals surface area (Å²) in [6.07, 6.45) is 1.10. The highest BCUT2D eigenvalue weighted by Gasteiger charge is 2.29. The van der Waals surface area contributed by atoms with Crippen molar-refractivity contribution in [3.63, 3.8) is 0 Å². The molecule has 0 aliphatic carbocycles. The molecule has 8 heteroatoms. The molecule has 1 aromatic heterocycles. The topological polar surface area (TPSA) is 100 Å². The van der Waals surface area contributed by atoms with Gasteiger partial charge in [-0.15, -0.1) is 0 Å². The molecule has 5 aromatic rings. The largest absolute Gasteiger partial charge is 0.497 e. The van der Waals surface area contributed by atoms with E-state index < -0.39 is 6.04 Å². The van der Waals surface area contributed by atoms with E-state index in [1.807, 2.05) is 67.6 Å². The van der Waals surface area contributed by atoms with Crippen molar-refractivity contribution >= 4 is 22.6 Å². The lowest BCUT2D eigenvalue weighted by Gasteiger charge is -2.32. The van der Waals surface area contributed by atoms with E-state index in [4.69, 9.17) is 9.72 Å². The lowest BCUT2D eigenvalue weighted by atomic mass is 10.1. The summed E-state index contributed by atoms with van der Waals surface area (Å²) < 4.78 is 6.93. The maximum atomic E-state index is 14.0. The Morgan fingerprint density at radius 1 is 1.00 bits per heavy atom. The summed E-state index contributed by atoms with van der Waals surface area (Å²) >= 11 is 0. The van der Waals surface area contributed by atoms with Crippen LogP contribution in [0, 0.1) is 11.3 Å². The Hall–Kier alpha value is -5.42. The van der Waals surface area contributed by atoms with Crippen LogP contribution in [0.25, 0.3) is 16.6 Å². The van der Waals surface area contributed by atoms with Crippen LogP contribution in [0.5, 0.6) is 5.75 Å². The molecule has 0 aliphatic rings. The number of benzene rings is 4. The average molecular weight is 558 g/mol. The lowest BCUT2D eigenvalue weighted by Crippen LogP contribution is -2.42. The first-order valence-electron chi connectivity index (χ1n) is 13.8. The van der Waals surface area contributed by atoms with E-state index in [1.54, 1.807) is 59.0 Å². The van der Waals surface area contributed by atoms with E-state index in [2.05, 4.69) is 11.4 Å². The van der Waals surface area contributed by atoms with Crippen molar-refractivity contribution in [1.29, 1.82) is 5.26 Å². The van der Waals surface area contributed by atoms with Crippen molar-refractivity contribution in [3.05, 3.63) is 130 Å². The molecule has 5 rings (SSSR count). The van der Waals surface area contributed by atoms with Gasteiger partial charge >= 0.3 is 6.03 Å². The zero-order valence-electron chi connectivity index (χ0n) is 23.5. The Morgan fingerprint density at radius 2 is 1.74 bits per heavy atom. The summed E-state index contributed by atoms with van der Waals surface area (Å²) in [6, 6.07) is 32.4. The smallest absolute Gasteiger partial charge is 0.322 e. The number of urea groups is 1. The number of nitrogens with one attached hydrogen (secondary N) is 1. The highest BCUT2D eigenvalue weighted by Crippen LogP contribution is 2.28. The zero-order valence-corrected chi connectivity index (χ0v) is 23.5. The molecule has 1 N–H and O–H groups in total. The number of nitrogens with zero attached hydrogens (tertiary/aromatic N) is 4. The number of carbonyl (C=O) groups is 1. The fourth-order valence-corrected chi connectivity index (χ4v) is 5.05. The Morgan fingerprint density at radius 3 is 2.45 bits per heavy atom. The maximum absolute atomic E-state index is 14.0. The fourth-order valence-electron chi connectivity index (χ4n) is 5.05. The number of nitriles is 1. The van der Waals surface area contributed by atoms with Gasteiger partial charge in [-0.25, -0.2) is 9.78 Å². The molecule has 0 spiro atoms. The quantitative estimate of drug-likeness (QED) is 0.223. The number of methoxy groups -OCH3 is 1. The van der Waals surface area contributed by atoms with Gasteiger partial charge in [0.1, 0.15) is 11.6 Å². The Bertz CT molecular complexity index is 1790. The molecule has 4 aromatic carbocycles. The molecule has 1 heterocycles. The molecule has 8 nitrogen and oxygen atoms in total. The average Bonchev–Trinajstić information content (AvgIpc) is 3.03. The third kappa shape index (κ3) is 6.01. The van der Waals surface area contributed by atoms with Gasteiger partial charge in [-0.05, 0) is 73.0 Å². The molecule has 0 saturated heterocycles. The van der Waals surface area contributed by atoms with Crippen LogP contribution in [0.4, 0.5) is 10.5 Å². The van der Waals surface area contributed by atoms with Crippen LogP contribution in [0.1, 0.15) is 36.3 Å². The number of carbonyl (C=O) groups excluding carboxylic acids is 1. The van der Waals surface area contributed by atoms with Crippen molar-refractivity contribution in [2.75, 3.05) is 19.0 Å². The second-order valence-corrected chi connectivity index (χ2v) is 9.80. The van der Waals surface area contributed by atoms with Crippen LogP contribution < -0.4 is 15.6 Å². The third-order valence-electron chi connectivity index (χ3n) is 7.18. The van der Waals surface area contributed by atoms with Crippen molar-refractivity contribution < 1.29 is 9.53 Å². The normalized spacial score (nSPS) is 11.5. The van der Waals surface area contributed by atoms with Crippen LogP contribution >= 0.6 is 0 Å². The van der Waals surface area contributed by atoms with E-state index in [9.17, 15) is 14.9 Å². The number of fused-ring (bicyclic) bond motifs is 1. The third-order valence-corrected chi connectivity index (χ3v) is 7.18. The summed E-state index contributed by atoms with van der Waals surface area (Å²) in [7, 11) is 1.59. The van der Waals surface area contributed by atoms with Gasteiger partial charge in [0.2, 0.25) is 0 Å². The number of amides is 2. The minimum atomic E-state index is -0.549. The number of aromatic nitrogens is 2. The summed E-state index contributed by atoms with van der Waals surface area (Å²) in [5, 5.41) is 12.8. The Labute approximate surface area is 244 Å². The maximum Gasteiger partial charge on any atom is 0.322 e. The molecule has 42 heavy (non-hydrogen) atoms. The summed E-state index contributed by atoms with van der Waals surface area (Å²) in [4.78, 5) is 34.7. The first kappa shape index (κ1) is 28.1. The highest BCUT2D eigenvalue weighted by atomic mass is 16.5. The van der Waals surface area contributed by atoms with E-state index >= 15 is 0 Å². The van der Waals surface area contributed by atoms with Crippen molar-refractivity contribution in [3.8, 4) is 17.5 Å². The number of para-hydroxylation sites is 1. The van der Waals surface area contributed by atoms with Gasteiger partial charge in [0, 0.05) is 12.2 Å². The van der Waals surface area contributed by atoms with Crippen LogP contribution in [0.2, 0.25) is 0 Å². The van der Waals surface area contributed by atoms with Crippen LogP contribution in [0.3, 0.4) is 0 Å². The number of ether oxygens (including phenoxy) is 1. The molecule has 0 bridgehead atoms. The highest BCUT2D eigenvalue weighted by molar-refractivity contribution is 5.90. The van der Waals surface area contributed by atoms with Crippen molar-refractivity contribution in [2.24, 2.45) is 0 Å². The van der Waals surface area contributed by atoms with Crippen LogP contribution in [-0.2, 0) is 6.42 Å². The molecule has 0 aliphatic heterocycles. The van der Waals surface area contributed by atoms with Gasteiger partial charge in [-0.3, -0.25) is 9.36 Å². The minimum Gasteiger partial charge on any atom is -0.497 e. The van der Waals surface area contributed by atoms with Gasteiger partial charge in [0.05, 0.1) is 41.4 Å². The summed E-state index contributed by atoms with van der Waals surface area (Å²) in [5.41, 5.74) is 3.00. The predicted octanol–water partition coefficient (Wildman–Crippen LogP) is 6.49. The van der Waals surface area contributed by atoms with E-state index in [-0.39, 0.29) is 11.6 Å². The number of rotatable bonds is 9. The number of anilines is 1. The Balaban J connectivity index is 1.63. The van der Waals surface area contributed by atoms with Gasteiger partial charge < -0.3 is 15.0 Å². The van der Waals surface area contributed by atoms with Gasteiger partial charge in [0.15, 0.2) is 0 Å². The molecule has 2 amide bonds. The molecular weight excluding hydrogens is 526 g/mol. The number of hydrogen-bond acceptors (Lipinski definition) is 5. The van der Waals surface area contributed by atoms with E-state index in [0.29, 0.717) is 58.8 Å². The second-order valence-electron chi connectivity index (χ2n) is 9.80. The van der Waals surface area contributed by atoms with Crippen molar-refractivity contribution in [1.82, 2.24) is 14.5 Å². The standard InChI is InChI=1S/C34H31N5O3/c1-3-31(32-37-30-15-8-7-14-29(30)33(40)39(32)27-16-18-28(42-2)19-17-27)38(21-20-24-10-5-4-6-11-24)34(41)36-26-13-9-12-25(22-26)23-35/h4-19,22,31H,3,20-21H2,1-2H3,(H,36,41). The first-order valence-corrected chi connectivity index (χ1v) is 13.8. The van der Waals surface area contributed by atoms with E-state index in [0.717, 1.165) is 5.56 Å². The lowest BCUT2D eigenvalue weighted by molar-refractivity contribution is 0.182. The SMILES string of the molecule is CCC(c1nc2ccccc2c(=O)n1-c1ccc(OC)cc1)N(CCc1ccccc1)C(=O)Nc1cccc(C#N)c1. The molecule has 0 fully saturated rings. The second kappa shape index (κ2) is 12.8. The molecule has 1 unspecified atom stereocenters. The molecule has 1 atom stereocenters. The van der Waals surface area contributed by atoms with Gasteiger partial charge in [-0.2, -0.15) is 5.26 Å². The van der Waals surface area contributed by atoms with E-state index in [1.165, 1.54) is 0 Å². The fraction of sp³-hybridized carbons (Fsp3) is 0.176. The molecular formula is C34H31N5O3. The van der Waals surface area contributed by atoms with Gasteiger partial charge in [-0.1, -0.05) is 55.5 Å². The predicted molar refractivity (Wildman–Crippen MR) is 164 cm³/mol. The minimum absolute atomic E-state index is 0.218. The summed E-state index contributed by atoms with van der Waals surface area (Å²) in [6.45, 7) is 2.35. The monoisotopic (exact) mass is 557 g/mol. The first-order chi connectivity index (χ1) is 20.5. The Kier molecular flexibility index (Phi) is 8.59.